The van der Waals surface area contributed by atoms with Gasteiger partial charge in [0.2, 0.25) is 5.91 Å². The van der Waals surface area contributed by atoms with Crippen LogP contribution in [0.2, 0.25) is 0 Å². The first-order valence-electron chi connectivity index (χ1n) is 7.99. The summed E-state index contributed by atoms with van der Waals surface area (Å²) in [5, 5.41) is 5.66. The monoisotopic (exact) mass is 324 g/mol. The number of hydrogen-bond donors (Lipinski definition) is 2. The third-order valence-electron chi connectivity index (χ3n) is 4.01. The molecule has 1 atom stereocenters. The van der Waals surface area contributed by atoms with E-state index in [1.165, 1.54) is 0 Å². The zero-order valence-electron chi connectivity index (χ0n) is 13.5. The molecule has 0 fully saturated rings. The van der Waals surface area contributed by atoms with E-state index in [1.807, 2.05) is 49.4 Å². The van der Waals surface area contributed by atoms with Gasteiger partial charge in [0.25, 0.3) is 5.91 Å². The van der Waals surface area contributed by atoms with Crippen LogP contribution < -0.4 is 15.4 Å². The van der Waals surface area contributed by atoms with Crippen LogP contribution in [0.3, 0.4) is 0 Å². The summed E-state index contributed by atoms with van der Waals surface area (Å²) in [4.78, 5) is 24.3. The molecule has 1 aliphatic heterocycles. The number of carbonyl (C=O) groups excluding carboxylic acids is 2. The van der Waals surface area contributed by atoms with Gasteiger partial charge in [0.1, 0.15) is 18.3 Å². The minimum atomic E-state index is -0.284. The average Bonchev–Trinajstić information content (AvgIpc) is 3.02. The number of aryl methyl sites for hydroxylation is 1. The lowest BCUT2D eigenvalue weighted by Gasteiger charge is -2.11. The van der Waals surface area contributed by atoms with Crippen molar-refractivity contribution in [2.75, 3.05) is 19.7 Å². The van der Waals surface area contributed by atoms with E-state index in [-0.39, 0.29) is 17.7 Å². The molecule has 0 spiro atoms. The van der Waals surface area contributed by atoms with Crippen molar-refractivity contribution in [2.45, 2.75) is 12.8 Å². The summed E-state index contributed by atoms with van der Waals surface area (Å²) in [5.74, 6) is 0.270. The Balaban J connectivity index is 1.46. The van der Waals surface area contributed by atoms with Crippen molar-refractivity contribution in [3.8, 4) is 5.75 Å². The van der Waals surface area contributed by atoms with Crippen molar-refractivity contribution < 1.29 is 14.3 Å². The first-order valence-corrected chi connectivity index (χ1v) is 7.99. The number of hydrogen-bond acceptors (Lipinski definition) is 3. The van der Waals surface area contributed by atoms with Crippen molar-refractivity contribution in [1.29, 1.82) is 0 Å². The number of para-hydroxylation sites is 1. The molecule has 0 radical (unpaired) electrons. The Bertz CT molecular complexity index is 758. The summed E-state index contributed by atoms with van der Waals surface area (Å²) in [6.07, 6.45) is 0. The van der Waals surface area contributed by atoms with Crippen LogP contribution in [0.1, 0.15) is 27.4 Å². The van der Waals surface area contributed by atoms with E-state index < -0.39 is 0 Å². The maximum Gasteiger partial charge on any atom is 0.251 e. The van der Waals surface area contributed by atoms with E-state index in [0.717, 1.165) is 16.9 Å². The van der Waals surface area contributed by atoms with Crippen LogP contribution in [-0.2, 0) is 4.79 Å². The maximum absolute atomic E-state index is 12.3. The summed E-state index contributed by atoms with van der Waals surface area (Å²) < 4.78 is 5.52. The van der Waals surface area contributed by atoms with Crippen molar-refractivity contribution in [3.05, 3.63) is 65.2 Å². The number of benzene rings is 2. The third-order valence-corrected chi connectivity index (χ3v) is 4.01. The predicted octanol–water partition coefficient (Wildman–Crippen LogP) is 2.02. The van der Waals surface area contributed by atoms with E-state index >= 15 is 0 Å². The fraction of sp³-hybridized carbons (Fsp3) is 0.263. The molecule has 0 aromatic heterocycles. The van der Waals surface area contributed by atoms with E-state index in [4.69, 9.17) is 4.74 Å². The Labute approximate surface area is 141 Å². The van der Waals surface area contributed by atoms with Crippen LogP contribution in [0.25, 0.3) is 0 Å². The molecule has 124 valence electrons. The summed E-state index contributed by atoms with van der Waals surface area (Å²) in [7, 11) is 0. The Morgan fingerprint density at radius 2 is 1.88 bits per heavy atom. The van der Waals surface area contributed by atoms with Gasteiger partial charge in [-0.2, -0.15) is 0 Å². The van der Waals surface area contributed by atoms with Crippen molar-refractivity contribution in [1.82, 2.24) is 10.6 Å². The largest absolute Gasteiger partial charge is 0.492 e. The molecule has 2 aromatic rings. The predicted molar refractivity (Wildman–Crippen MR) is 91.2 cm³/mol. The van der Waals surface area contributed by atoms with Gasteiger partial charge in [-0.05, 0) is 25.1 Å². The highest BCUT2D eigenvalue weighted by Gasteiger charge is 2.29. The second kappa shape index (κ2) is 7.17. The highest BCUT2D eigenvalue weighted by molar-refractivity contribution is 5.94. The van der Waals surface area contributed by atoms with Gasteiger partial charge in [-0.3, -0.25) is 9.59 Å². The van der Waals surface area contributed by atoms with E-state index in [0.29, 0.717) is 25.3 Å². The minimum absolute atomic E-state index is 0.0789. The van der Waals surface area contributed by atoms with E-state index in [1.54, 1.807) is 6.07 Å². The first-order chi connectivity index (χ1) is 11.6. The van der Waals surface area contributed by atoms with Crippen LogP contribution in [0.5, 0.6) is 5.75 Å². The van der Waals surface area contributed by atoms with Crippen LogP contribution in [-0.4, -0.2) is 31.5 Å². The second-order valence-electron chi connectivity index (χ2n) is 5.82. The molecule has 2 N–H and O–H groups in total. The number of ether oxygens (including phenoxy) is 1. The zero-order chi connectivity index (χ0) is 16.9. The molecule has 1 heterocycles. The normalized spacial score (nSPS) is 15.3. The average molecular weight is 324 g/mol. The molecule has 5 nitrogen and oxygen atoms in total. The van der Waals surface area contributed by atoms with Crippen molar-refractivity contribution in [2.24, 2.45) is 0 Å². The Morgan fingerprint density at radius 1 is 1.08 bits per heavy atom. The van der Waals surface area contributed by atoms with E-state index in [2.05, 4.69) is 10.6 Å². The molecule has 5 heteroatoms. The molecular weight excluding hydrogens is 304 g/mol. The lowest BCUT2D eigenvalue weighted by atomic mass is 10.0. The fourth-order valence-corrected chi connectivity index (χ4v) is 2.75. The molecule has 24 heavy (non-hydrogen) atoms. The van der Waals surface area contributed by atoms with Crippen LogP contribution >= 0.6 is 0 Å². The van der Waals surface area contributed by atoms with Gasteiger partial charge < -0.3 is 15.4 Å². The molecule has 1 unspecified atom stereocenters. The lowest BCUT2D eigenvalue weighted by molar-refractivity contribution is -0.122. The van der Waals surface area contributed by atoms with Gasteiger partial charge in [-0.25, -0.2) is 0 Å². The number of fused-ring (bicyclic) bond motifs is 1. The molecule has 2 aromatic carbocycles. The van der Waals surface area contributed by atoms with E-state index in [9.17, 15) is 9.59 Å². The molecule has 0 aliphatic carbocycles. The van der Waals surface area contributed by atoms with Gasteiger partial charge in [0.05, 0.1) is 0 Å². The van der Waals surface area contributed by atoms with Crippen LogP contribution in [0.15, 0.2) is 48.5 Å². The maximum atomic E-state index is 12.3. The number of amides is 2. The van der Waals surface area contributed by atoms with Crippen LogP contribution in [0, 0.1) is 6.92 Å². The van der Waals surface area contributed by atoms with Gasteiger partial charge >= 0.3 is 0 Å². The quantitative estimate of drug-likeness (QED) is 0.827. The topological polar surface area (TPSA) is 67.4 Å². The molecular formula is C19H20N2O3. The SMILES string of the molecule is Cc1cccc(C(=O)NCCNC(=O)C2COc3ccccc32)c1. The Hall–Kier alpha value is -2.82. The van der Waals surface area contributed by atoms with Gasteiger partial charge in [0.15, 0.2) is 0 Å². The molecule has 0 saturated heterocycles. The highest BCUT2D eigenvalue weighted by atomic mass is 16.5. The molecule has 0 saturated carbocycles. The minimum Gasteiger partial charge on any atom is -0.492 e. The fourth-order valence-electron chi connectivity index (χ4n) is 2.75. The summed E-state index contributed by atoms with van der Waals surface area (Å²) in [6.45, 7) is 3.07. The third kappa shape index (κ3) is 3.56. The highest BCUT2D eigenvalue weighted by Crippen LogP contribution is 2.33. The molecule has 3 rings (SSSR count). The summed E-state index contributed by atoms with van der Waals surface area (Å²) in [5.41, 5.74) is 2.58. The Morgan fingerprint density at radius 3 is 2.71 bits per heavy atom. The zero-order valence-corrected chi connectivity index (χ0v) is 13.5. The number of rotatable bonds is 5. The van der Waals surface area contributed by atoms with Gasteiger partial charge in [-0.15, -0.1) is 0 Å². The summed E-state index contributed by atoms with van der Waals surface area (Å²) in [6, 6.07) is 15.0. The standard InChI is InChI=1S/C19H20N2O3/c1-13-5-4-6-14(11-13)18(22)20-9-10-21-19(23)16-12-24-17-8-3-2-7-15(16)17/h2-8,11,16H,9-10,12H2,1H3,(H,20,22)(H,21,23). The number of nitrogens with one attached hydrogen (secondary N) is 2. The first kappa shape index (κ1) is 16.1. The second-order valence-corrected chi connectivity index (χ2v) is 5.82. The molecule has 0 bridgehead atoms. The van der Waals surface area contributed by atoms with Crippen molar-refractivity contribution >= 4 is 11.8 Å². The number of carbonyl (C=O) groups is 2. The van der Waals surface area contributed by atoms with Gasteiger partial charge in [0, 0.05) is 24.2 Å². The smallest absolute Gasteiger partial charge is 0.251 e. The lowest BCUT2D eigenvalue weighted by Crippen LogP contribution is -2.37. The molecule has 1 aliphatic rings. The van der Waals surface area contributed by atoms with Gasteiger partial charge in [-0.1, -0.05) is 35.9 Å². The van der Waals surface area contributed by atoms with Crippen molar-refractivity contribution in [3.63, 3.8) is 0 Å². The summed E-state index contributed by atoms with van der Waals surface area (Å²) >= 11 is 0. The molecule has 2 amide bonds. The van der Waals surface area contributed by atoms with Crippen LogP contribution in [0.4, 0.5) is 0 Å². The Kier molecular flexibility index (Phi) is 4.79.